The minimum Gasteiger partial charge on any atom is -0.490 e. The molecule has 0 aliphatic carbocycles. The maximum Gasteiger partial charge on any atom is 0.167 e. The van der Waals surface area contributed by atoms with Gasteiger partial charge in [0.25, 0.3) is 0 Å². The van der Waals surface area contributed by atoms with Gasteiger partial charge in [-0.15, -0.1) is 11.3 Å². The third kappa shape index (κ3) is 2.82. The van der Waals surface area contributed by atoms with Crippen LogP contribution in [0.1, 0.15) is 16.1 Å². The predicted octanol–water partition coefficient (Wildman–Crippen LogP) is 3.52. The number of thiazole rings is 1. The van der Waals surface area contributed by atoms with E-state index in [9.17, 15) is 4.39 Å². The largest absolute Gasteiger partial charge is 0.490 e. The Bertz CT molecular complexity index is 510. The molecule has 2 nitrogen and oxygen atoms in total. The van der Waals surface area contributed by atoms with Crippen LogP contribution in [0.25, 0.3) is 0 Å². The molecule has 0 saturated carbocycles. The lowest BCUT2D eigenvalue weighted by Gasteiger charge is -2.07. The molecule has 0 aliphatic rings. The molecule has 90 valence electrons. The molecule has 0 unspecified atom stereocenters. The molecule has 0 radical (unpaired) electrons. The molecular weight excluding hydrogens is 237 g/mol. The van der Waals surface area contributed by atoms with Crippen LogP contribution >= 0.6 is 11.3 Å². The molecule has 1 aromatic carbocycles. The third-order valence-corrected chi connectivity index (χ3v) is 3.58. The van der Waals surface area contributed by atoms with Gasteiger partial charge in [0.1, 0.15) is 0 Å². The van der Waals surface area contributed by atoms with Crippen LogP contribution in [0, 0.1) is 19.7 Å². The van der Waals surface area contributed by atoms with E-state index >= 15 is 0 Å². The third-order valence-electron chi connectivity index (χ3n) is 2.59. The number of halogens is 1. The van der Waals surface area contributed by atoms with Gasteiger partial charge in [-0.3, -0.25) is 0 Å². The Kier molecular flexibility index (Phi) is 3.74. The second-order valence-electron chi connectivity index (χ2n) is 3.85. The number of nitrogens with zero attached hydrogens (tertiary/aromatic N) is 1. The van der Waals surface area contributed by atoms with Gasteiger partial charge >= 0.3 is 0 Å². The molecule has 0 bridgehead atoms. The maximum absolute atomic E-state index is 13.6. The van der Waals surface area contributed by atoms with Crippen molar-refractivity contribution in [3.63, 3.8) is 0 Å². The number of rotatable bonds is 4. The van der Waals surface area contributed by atoms with E-state index in [4.69, 9.17) is 4.74 Å². The van der Waals surface area contributed by atoms with Gasteiger partial charge in [-0.25, -0.2) is 9.37 Å². The van der Waals surface area contributed by atoms with Crippen molar-refractivity contribution < 1.29 is 9.13 Å². The standard InChI is InChI=1S/C13H14FNOS/c1-9-4-3-5-11(13(9)14)16-7-6-12-10(2)15-8-17-12/h3-5,8H,6-7H2,1-2H3. The molecule has 0 spiro atoms. The molecule has 0 N–H and O–H groups in total. The maximum atomic E-state index is 13.6. The van der Waals surface area contributed by atoms with Gasteiger partial charge in [0.2, 0.25) is 0 Å². The summed E-state index contributed by atoms with van der Waals surface area (Å²) in [6, 6.07) is 5.18. The van der Waals surface area contributed by atoms with Crippen molar-refractivity contribution in [3.8, 4) is 5.75 Å². The first-order chi connectivity index (χ1) is 8.18. The van der Waals surface area contributed by atoms with Crippen molar-refractivity contribution in [2.75, 3.05) is 6.61 Å². The lowest BCUT2D eigenvalue weighted by molar-refractivity contribution is 0.305. The van der Waals surface area contributed by atoms with Gasteiger partial charge in [-0.1, -0.05) is 12.1 Å². The Labute approximate surface area is 104 Å². The Morgan fingerprint density at radius 3 is 2.88 bits per heavy atom. The smallest absolute Gasteiger partial charge is 0.167 e. The minimum absolute atomic E-state index is 0.270. The fourth-order valence-corrected chi connectivity index (χ4v) is 2.31. The van der Waals surface area contributed by atoms with Crippen LogP contribution in [-0.4, -0.2) is 11.6 Å². The molecule has 1 aromatic heterocycles. The van der Waals surface area contributed by atoms with E-state index in [-0.39, 0.29) is 5.82 Å². The molecule has 0 aliphatic heterocycles. The van der Waals surface area contributed by atoms with Crippen LogP contribution in [0.2, 0.25) is 0 Å². The summed E-state index contributed by atoms with van der Waals surface area (Å²) in [6.45, 7) is 4.18. The van der Waals surface area contributed by atoms with Gasteiger partial charge in [0.15, 0.2) is 11.6 Å². The van der Waals surface area contributed by atoms with Crippen LogP contribution in [0.4, 0.5) is 4.39 Å². The average molecular weight is 251 g/mol. The van der Waals surface area contributed by atoms with Gasteiger partial charge in [0.05, 0.1) is 17.8 Å². The molecule has 2 rings (SSSR count). The van der Waals surface area contributed by atoms with E-state index < -0.39 is 0 Å². The molecule has 17 heavy (non-hydrogen) atoms. The van der Waals surface area contributed by atoms with E-state index in [0.717, 1.165) is 12.1 Å². The average Bonchev–Trinajstić information content (AvgIpc) is 2.71. The highest BCUT2D eigenvalue weighted by atomic mass is 32.1. The van der Waals surface area contributed by atoms with Crippen LogP contribution in [0.15, 0.2) is 23.7 Å². The molecule has 4 heteroatoms. The fraction of sp³-hybridized carbons (Fsp3) is 0.308. The summed E-state index contributed by atoms with van der Waals surface area (Å²) >= 11 is 1.61. The normalized spacial score (nSPS) is 10.5. The Morgan fingerprint density at radius 1 is 1.35 bits per heavy atom. The van der Waals surface area contributed by atoms with E-state index in [1.54, 1.807) is 36.5 Å². The number of aryl methyl sites for hydroxylation is 2. The highest BCUT2D eigenvalue weighted by Gasteiger charge is 2.06. The molecule has 0 fully saturated rings. The number of benzene rings is 1. The lowest BCUT2D eigenvalue weighted by Crippen LogP contribution is -2.03. The zero-order chi connectivity index (χ0) is 12.3. The zero-order valence-electron chi connectivity index (χ0n) is 9.87. The van der Waals surface area contributed by atoms with Crippen molar-refractivity contribution in [3.05, 3.63) is 45.7 Å². The Hall–Kier alpha value is -1.42. The molecule has 2 aromatic rings. The topological polar surface area (TPSA) is 22.1 Å². The number of hydrogen-bond acceptors (Lipinski definition) is 3. The first kappa shape index (κ1) is 12.0. The summed E-state index contributed by atoms with van der Waals surface area (Å²) in [6.07, 6.45) is 0.768. The quantitative estimate of drug-likeness (QED) is 0.829. The molecule has 0 atom stereocenters. The Balaban J connectivity index is 1.95. The first-order valence-electron chi connectivity index (χ1n) is 5.45. The summed E-state index contributed by atoms with van der Waals surface area (Å²) in [4.78, 5) is 5.36. The van der Waals surface area contributed by atoms with Crippen molar-refractivity contribution in [1.82, 2.24) is 4.98 Å². The zero-order valence-corrected chi connectivity index (χ0v) is 10.7. The number of hydrogen-bond donors (Lipinski definition) is 0. The lowest BCUT2D eigenvalue weighted by atomic mass is 10.2. The second kappa shape index (κ2) is 5.27. The van der Waals surface area contributed by atoms with Crippen molar-refractivity contribution in [2.45, 2.75) is 20.3 Å². The first-order valence-corrected chi connectivity index (χ1v) is 6.33. The van der Waals surface area contributed by atoms with Crippen LogP contribution in [-0.2, 0) is 6.42 Å². The molecular formula is C13H14FNOS. The van der Waals surface area contributed by atoms with E-state index in [1.165, 1.54) is 4.88 Å². The molecule has 0 amide bonds. The summed E-state index contributed by atoms with van der Waals surface area (Å²) in [7, 11) is 0. The highest BCUT2D eigenvalue weighted by Crippen LogP contribution is 2.20. The van der Waals surface area contributed by atoms with Crippen LogP contribution < -0.4 is 4.74 Å². The van der Waals surface area contributed by atoms with Crippen molar-refractivity contribution >= 4 is 11.3 Å². The predicted molar refractivity (Wildman–Crippen MR) is 67.2 cm³/mol. The van der Waals surface area contributed by atoms with Gasteiger partial charge in [0, 0.05) is 11.3 Å². The minimum atomic E-state index is -0.270. The van der Waals surface area contributed by atoms with Gasteiger partial charge < -0.3 is 4.74 Å². The van der Waals surface area contributed by atoms with Crippen molar-refractivity contribution in [2.24, 2.45) is 0 Å². The van der Waals surface area contributed by atoms with E-state index in [1.807, 2.05) is 12.4 Å². The SMILES string of the molecule is Cc1cccc(OCCc2scnc2C)c1F. The summed E-state index contributed by atoms with van der Waals surface area (Å²) in [5, 5.41) is 0. The van der Waals surface area contributed by atoms with Crippen molar-refractivity contribution in [1.29, 1.82) is 0 Å². The summed E-state index contributed by atoms with van der Waals surface area (Å²) in [5.41, 5.74) is 3.46. The number of aromatic nitrogens is 1. The monoisotopic (exact) mass is 251 g/mol. The van der Waals surface area contributed by atoms with E-state index in [2.05, 4.69) is 4.98 Å². The summed E-state index contributed by atoms with van der Waals surface area (Å²) in [5.74, 6) is 0.0562. The van der Waals surface area contributed by atoms with Crippen LogP contribution in [0.3, 0.4) is 0 Å². The Morgan fingerprint density at radius 2 is 2.18 bits per heavy atom. The summed E-state index contributed by atoms with van der Waals surface area (Å²) < 4.78 is 19.1. The van der Waals surface area contributed by atoms with Gasteiger partial charge in [-0.05, 0) is 25.5 Å². The molecule has 0 saturated heterocycles. The number of ether oxygens (including phenoxy) is 1. The molecule has 1 heterocycles. The highest BCUT2D eigenvalue weighted by molar-refractivity contribution is 7.09. The van der Waals surface area contributed by atoms with Crippen LogP contribution in [0.5, 0.6) is 5.75 Å². The second-order valence-corrected chi connectivity index (χ2v) is 4.79. The van der Waals surface area contributed by atoms with Gasteiger partial charge in [-0.2, -0.15) is 0 Å². The fourth-order valence-electron chi connectivity index (χ4n) is 1.55. The van der Waals surface area contributed by atoms with E-state index in [0.29, 0.717) is 17.9 Å².